The van der Waals surface area contributed by atoms with Crippen molar-refractivity contribution in [3.8, 4) is 0 Å². The predicted molar refractivity (Wildman–Crippen MR) is 64.9 cm³/mol. The van der Waals surface area contributed by atoms with E-state index in [1.165, 1.54) is 0 Å². The number of oxazole rings is 1. The molecule has 2 aromatic heterocycles. The summed E-state index contributed by atoms with van der Waals surface area (Å²) in [4.78, 5) is 8.58. The van der Waals surface area contributed by atoms with Crippen molar-refractivity contribution in [1.29, 1.82) is 0 Å². The highest BCUT2D eigenvalue weighted by molar-refractivity contribution is 5.05. The van der Waals surface area contributed by atoms with E-state index < -0.39 is 0 Å². The van der Waals surface area contributed by atoms with E-state index in [2.05, 4.69) is 20.4 Å². The van der Waals surface area contributed by atoms with E-state index in [9.17, 15) is 0 Å². The maximum atomic E-state index is 5.55. The Morgan fingerprint density at radius 1 is 1.50 bits per heavy atom. The van der Waals surface area contributed by atoms with Crippen LogP contribution in [0.25, 0.3) is 0 Å². The van der Waals surface area contributed by atoms with Crippen molar-refractivity contribution in [3.05, 3.63) is 29.5 Å². The highest BCUT2D eigenvalue weighted by atomic mass is 16.4. The molecule has 96 valence electrons. The van der Waals surface area contributed by atoms with Crippen LogP contribution in [-0.4, -0.2) is 25.8 Å². The average Bonchev–Trinajstić information content (AvgIpc) is 2.94. The van der Waals surface area contributed by atoms with Crippen molar-refractivity contribution in [2.45, 2.75) is 45.8 Å². The zero-order chi connectivity index (χ0) is 12.5. The highest BCUT2D eigenvalue weighted by Gasteiger charge is 2.19. The molecule has 1 aliphatic heterocycles. The number of nitrogens with one attached hydrogen (secondary N) is 1. The summed E-state index contributed by atoms with van der Waals surface area (Å²) in [5.74, 6) is 2.74. The molecule has 1 aliphatic rings. The second kappa shape index (κ2) is 4.53. The minimum atomic E-state index is 0.409. The summed E-state index contributed by atoms with van der Waals surface area (Å²) in [6.45, 7) is 5.44. The van der Waals surface area contributed by atoms with E-state index in [1.807, 2.05) is 18.5 Å². The molecule has 3 rings (SSSR count). The van der Waals surface area contributed by atoms with Crippen molar-refractivity contribution in [1.82, 2.24) is 25.1 Å². The molecule has 0 unspecified atom stereocenters. The van der Waals surface area contributed by atoms with Crippen molar-refractivity contribution in [2.75, 3.05) is 0 Å². The van der Waals surface area contributed by atoms with Gasteiger partial charge in [-0.05, 0) is 20.3 Å². The van der Waals surface area contributed by atoms with Crippen molar-refractivity contribution < 1.29 is 4.42 Å². The predicted octanol–water partition coefficient (Wildman–Crippen LogP) is 0.988. The Morgan fingerprint density at radius 2 is 2.39 bits per heavy atom. The lowest BCUT2D eigenvalue weighted by atomic mass is 10.1. The van der Waals surface area contributed by atoms with Gasteiger partial charge in [0.05, 0.1) is 18.8 Å². The first-order valence-corrected chi connectivity index (χ1v) is 6.25. The molecule has 1 atom stereocenters. The SMILES string of the molecule is Cc1nc(CN[C@H]2CCc3ncnn3C2)oc1C. The van der Waals surface area contributed by atoms with Crippen molar-refractivity contribution in [3.63, 3.8) is 0 Å². The lowest BCUT2D eigenvalue weighted by Crippen LogP contribution is -2.37. The normalized spacial score (nSPS) is 18.9. The van der Waals surface area contributed by atoms with Gasteiger partial charge >= 0.3 is 0 Å². The number of nitrogens with zero attached hydrogens (tertiary/aromatic N) is 4. The van der Waals surface area contributed by atoms with Crippen LogP contribution in [0.2, 0.25) is 0 Å². The van der Waals surface area contributed by atoms with Gasteiger partial charge in [0.15, 0.2) is 0 Å². The van der Waals surface area contributed by atoms with Gasteiger partial charge in [0, 0.05) is 12.5 Å². The second-order valence-corrected chi connectivity index (χ2v) is 4.72. The fraction of sp³-hybridized carbons (Fsp3) is 0.583. The summed E-state index contributed by atoms with van der Waals surface area (Å²) in [5, 5.41) is 7.67. The standard InChI is InChI=1S/C12H17N5O/c1-8-9(2)18-12(16-8)5-13-10-3-4-11-14-7-15-17(11)6-10/h7,10,13H,3-6H2,1-2H3/t10-/m0/s1. The van der Waals surface area contributed by atoms with Crippen molar-refractivity contribution >= 4 is 0 Å². The smallest absolute Gasteiger partial charge is 0.208 e. The summed E-state index contributed by atoms with van der Waals surface area (Å²) in [6, 6.07) is 0.409. The topological polar surface area (TPSA) is 68.8 Å². The van der Waals surface area contributed by atoms with Crippen LogP contribution in [0.4, 0.5) is 0 Å². The van der Waals surface area contributed by atoms with E-state index in [4.69, 9.17) is 4.42 Å². The van der Waals surface area contributed by atoms with Gasteiger partial charge in [0.1, 0.15) is 17.9 Å². The van der Waals surface area contributed by atoms with Gasteiger partial charge in [-0.1, -0.05) is 0 Å². The third-order valence-electron chi connectivity index (χ3n) is 3.42. The Balaban J connectivity index is 1.58. The van der Waals surface area contributed by atoms with Crippen LogP contribution in [-0.2, 0) is 19.5 Å². The fourth-order valence-corrected chi connectivity index (χ4v) is 2.25. The molecule has 0 saturated carbocycles. The maximum absolute atomic E-state index is 5.55. The van der Waals surface area contributed by atoms with E-state index in [0.717, 1.165) is 42.6 Å². The summed E-state index contributed by atoms with van der Waals surface area (Å²) in [7, 11) is 0. The molecule has 0 bridgehead atoms. The van der Waals surface area contributed by atoms with E-state index in [1.54, 1.807) is 6.33 Å². The molecule has 0 spiro atoms. The fourth-order valence-electron chi connectivity index (χ4n) is 2.25. The summed E-state index contributed by atoms with van der Waals surface area (Å²) >= 11 is 0. The van der Waals surface area contributed by atoms with Crippen LogP contribution in [0.1, 0.15) is 29.6 Å². The minimum absolute atomic E-state index is 0.409. The molecule has 0 aliphatic carbocycles. The molecule has 0 saturated heterocycles. The molecule has 18 heavy (non-hydrogen) atoms. The third kappa shape index (κ3) is 2.15. The largest absolute Gasteiger partial charge is 0.444 e. The number of aryl methyl sites for hydroxylation is 3. The molecular weight excluding hydrogens is 230 g/mol. The minimum Gasteiger partial charge on any atom is -0.444 e. The zero-order valence-corrected chi connectivity index (χ0v) is 10.7. The van der Waals surface area contributed by atoms with Crippen LogP contribution in [0.5, 0.6) is 0 Å². The Labute approximate surface area is 105 Å². The van der Waals surface area contributed by atoms with E-state index in [-0.39, 0.29) is 0 Å². The van der Waals surface area contributed by atoms with Gasteiger partial charge in [-0.2, -0.15) is 5.10 Å². The van der Waals surface area contributed by atoms with Crippen LogP contribution < -0.4 is 5.32 Å². The first-order chi connectivity index (χ1) is 8.72. The van der Waals surface area contributed by atoms with Crippen LogP contribution in [0, 0.1) is 13.8 Å². The molecule has 6 heteroatoms. The molecular formula is C12H17N5O. The Bertz CT molecular complexity index is 525. The average molecular weight is 247 g/mol. The third-order valence-corrected chi connectivity index (χ3v) is 3.42. The first kappa shape index (κ1) is 11.4. The van der Waals surface area contributed by atoms with Gasteiger partial charge in [0.2, 0.25) is 5.89 Å². The first-order valence-electron chi connectivity index (χ1n) is 6.25. The Morgan fingerprint density at radius 3 is 3.17 bits per heavy atom. The molecule has 3 heterocycles. The van der Waals surface area contributed by atoms with Gasteiger partial charge < -0.3 is 9.73 Å². The highest BCUT2D eigenvalue weighted by Crippen LogP contribution is 2.13. The van der Waals surface area contributed by atoms with Crippen LogP contribution in [0.3, 0.4) is 0 Å². The number of hydrogen-bond acceptors (Lipinski definition) is 5. The summed E-state index contributed by atoms with van der Waals surface area (Å²) < 4.78 is 7.52. The lowest BCUT2D eigenvalue weighted by molar-refractivity contribution is 0.339. The Hall–Kier alpha value is -1.69. The van der Waals surface area contributed by atoms with Gasteiger partial charge in [-0.25, -0.2) is 14.6 Å². The van der Waals surface area contributed by atoms with Crippen LogP contribution in [0.15, 0.2) is 10.7 Å². The molecule has 0 fully saturated rings. The quantitative estimate of drug-likeness (QED) is 0.876. The van der Waals surface area contributed by atoms with E-state index in [0.29, 0.717) is 12.6 Å². The Kier molecular flexibility index (Phi) is 2.87. The zero-order valence-electron chi connectivity index (χ0n) is 10.7. The van der Waals surface area contributed by atoms with Gasteiger partial charge in [0.25, 0.3) is 0 Å². The molecule has 1 N–H and O–H groups in total. The van der Waals surface area contributed by atoms with Gasteiger partial charge in [-0.3, -0.25) is 0 Å². The van der Waals surface area contributed by atoms with Crippen molar-refractivity contribution in [2.24, 2.45) is 0 Å². The molecule has 0 aromatic carbocycles. The number of rotatable bonds is 3. The number of fused-ring (bicyclic) bond motifs is 1. The van der Waals surface area contributed by atoms with Crippen LogP contribution >= 0.6 is 0 Å². The lowest BCUT2D eigenvalue weighted by Gasteiger charge is -2.22. The monoisotopic (exact) mass is 247 g/mol. The molecule has 0 radical (unpaired) electrons. The second-order valence-electron chi connectivity index (χ2n) is 4.72. The summed E-state index contributed by atoms with van der Waals surface area (Å²) in [6.07, 6.45) is 3.68. The molecule has 2 aromatic rings. The number of aromatic nitrogens is 4. The number of hydrogen-bond donors (Lipinski definition) is 1. The summed E-state index contributed by atoms with van der Waals surface area (Å²) in [5.41, 5.74) is 0.967. The maximum Gasteiger partial charge on any atom is 0.208 e. The van der Waals surface area contributed by atoms with E-state index >= 15 is 0 Å². The van der Waals surface area contributed by atoms with Gasteiger partial charge in [-0.15, -0.1) is 0 Å². The molecule has 6 nitrogen and oxygen atoms in total. The molecule has 0 amide bonds.